The predicted octanol–water partition coefficient (Wildman–Crippen LogP) is 1.82. The summed E-state index contributed by atoms with van der Waals surface area (Å²) in [6.45, 7) is 0.677. The molecule has 2 unspecified atom stereocenters. The predicted molar refractivity (Wildman–Crippen MR) is 72.3 cm³/mol. The van der Waals surface area contributed by atoms with Crippen LogP contribution >= 0.6 is 0 Å². The highest BCUT2D eigenvalue weighted by atomic mass is 19.1. The molecule has 108 valence electrons. The number of hydrogen-bond donors (Lipinski definition) is 2. The Morgan fingerprint density at radius 3 is 2.80 bits per heavy atom. The highest BCUT2D eigenvalue weighted by Crippen LogP contribution is 2.37. The van der Waals surface area contributed by atoms with Crippen molar-refractivity contribution < 1.29 is 19.1 Å². The summed E-state index contributed by atoms with van der Waals surface area (Å²) in [5.41, 5.74) is 1.22. The molecule has 0 saturated carbocycles. The third kappa shape index (κ3) is 2.53. The van der Waals surface area contributed by atoms with Gasteiger partial charge in [0.15, 0.2) is 6.04 Å². The number of carboxylic acids is 1. The molecular weight excluding hydrogens is 261 g/mol. The summed E-state index contributed by atoms with van der Waals surface area (Å²) in [6.07, 6.45) is 2.40. The summed E-state index contributed by atoms with van der Waals surface area (Å²) in [7, 11) is 0. The van der Waals surface area contributed by atoms with Crippen molar-refractivity contribution in [3.63, 3.8) is 0 Å². The second-order valence-corrected chi connectivity index (χ2v) is 5.36. The molecule has 0 radical (unpaired) electrons. The van der Waals surface area contributed by atoms with Gasteiger partial charge in [-0.15, -0.1) is 0 Å². The van der Waals surface area contributed by atoms with Gasteiger partial charge in [-0.1, -0.05) is 24.3 Å². The van der Waals surface area contributed by atoms with E-state index in [-0.39, 0.29) is 0 Å². The number of carboxylic acid groups (broad SMARTS) is 1. The van der Waals surface area contributed by atoms with Gasteiger partial charge in [-0.3, -0.25) is 4.79 Å². The number of hydrogen-bond acceptors (Lipinski definition) is 2. The monoisotopic (exact) mass is 279 g/mol. The maximum absolute atomic E-state index is 12.7. The lowest BCUT2D eigenvalue weighted by molar-refractivity contribution is -0.143. The average Bonchev–Trinajstić information content (AvgIpc) is 2.44. The number of carbonyl (C=O) groups is 2. The first-order valence-electron chi connectivity index (χ1n) is 6.67. The van der Waals surface area contributed by atoms with Crippen molar-refractivity contribution in [3.8, 4) is 0 Å². The first-order chi connectivity index (χ1) is 9.49. The van der Waals surface area contributed by atoms with Crippen LogP contribution in [0.25, 0.3) is 0 Å². The van der Waals surface area contributed by atoms with E-state index >= 15 is 0 Å². The molecule has 2 rings (SSSR count). The quantitative estimate of drug-likeness (QED) is 0.883. The zero-order valence-electron chi connectivity index (χ0n) is 11.4. The number of halogens is 1. The minimum absolute atomic E-state index is 0.422. The van der Waals surface area contributed by atoms with Crippen LogP contribution in [0.3, 0.4) is 0 Å². The number of aliphatic carboxylic acids is 1. The Hall–Kier alpha value is -1.91. The molecular formula is C15H18FNO3. The number of benzene rings is 1. The third-order valence-corrected chi connectivity index (χ3v) is 3.99. The van der Waals surface area contributed by atoms with Crippen molar-refractivity contribution >= 4 is 11.9 Å². The van der Waals surface area contributed by atoms with Crippen LogP contribution in [0.2, 0.25) is 0 Å². The van der Waals surface area contributed by atoms with Crippen LogP contribution in [-0.4, -0.2) is 29.7 Å². The van der Waals surface area contributed by atoms with Crippen molar-refractivity contribution in [2.24, 2.45) is 0 Å². The number of fused-ring (bicyclic) bond motifs is 1. The number of carbonyl (C=O) groups excluding carboxylic acids is 1. The van der Waals surface area contributed by atoms with E-state index in [1.807, 2.05) is 24.3 Å². The smallest absolute Gasteiger partial charge is 0.328 e. The Labute approximate surface area is 117 Å². The zero-order valence-corrected chi connectivity index (χ0v) is 11.4. The minimum Gasteiger partial charge on any atom is -0.480 e. The Kier molecular flexibility index (Phi) is 4.06. The first kappa shape index (κ1) is 14.5. The molecule has 0 bridgehead atoms. The van der Waals surface area contributed by atoms with E-state index in [9.17, 15) is 14.0 Å². The van der Waals surface area contributed by atoms with Gasteiger partial charge in [-0.25, -0.2) is 9.18 Å². The summed E-state index contributed by atoms with van der Waals surface area (Å²) >= 11 is 0. The number of rotatable bonds is 4. The van der Waals surface area contributed by atoms with Gasteiger partial charge in [0.2, 0.25) is 5.91 Å². The van der Waals surface area contributed by atoms with E-state index < -0.39 is 30.0 Å². The molecule has 1 aromatic rings. The van der Waals surface area contributed by atoms with Crippen molar-refractivity contribution in [1.82, 2.24) is 5.32 Å². The summed E-state index contributed by atoms with van der Waals surface area (Å²) in [6, 6.07) is 6.17. The minimum atomic E-state index is -1.48. The van der Waals surface area contributed by atoms with Gasteiger partial charge in [0.05, 0.1) is 5.41 Å². The van der Waals surface area contributed by atoms with Crippen molar-refractivity contribution in [3.05, 3.63) is 35.4 Å². The number of nitrogens with one attached hydrogen (secondary N) is 1. The molecule has 0 heterocycles. The largest absolute Gasteiger partial charge is 0.480 e. The van der Waals surface area contributed by atoms with Crippen LogP contribution in [0.1, 0.15) is 30.9 Å². The van der Waals surface area contributed by atoms with Crippen LogP contribution in [-0.2, 0) is 21.4 Å². The first-order valence-corrected chi connectivity index (χ1v) is 6.67. The molecule has 0 saturated heterocycles. The Bertz CT molecular complexity index is 532. The third-order valence-electron chi connectivity index (χ3n) is 3.99. The fraction of sp³-hybridized carbons (Fsp3) is 0.467. The number of amides is 1. The van der Waals surface area contributed by atoms with Gasteiger partial charge >= 0.3 is 5.97 Å². The van der Waals surface area contributed by atoms with Crippen LogP contribution in [0.5, 0.6) is 0 Å². The van der Waals surface area contributed by atoms with Crippen molar-refractivity contribution in [2.45, 2.75) is 37.6 Å². The van der Waals surface area contributed by atoms with Gasteiger partial charge < -0.3 is 10.4 Å². The molecule has 0 fully saturated rings. The summed E-state index contributed by atoms with van der Waals surface area (Å²) < 4.78 is 12.7. The lowest BCUT2D eigenvalue weighted by atomic mass is 9.70. The molecule has 2 atom stereocenters. The average molecular weight is 279 g/mol. The molecule has 0 aliphatic heterocycles. The van der Waals surface area contributed by atoms with Crippen LogP contribution < -0.4 is 5.32 Å². The van der Waals surface area contributed by atoms with E-state index in [4.69, 9.17) is 5.11 Å². The summed E-state index contributed by atoms with van der Waals surface area (Å²) in [4.78, 5) is 23.3. The fourth-order valence-electron chi connectivity index (χ4n) is 2.76. The number of alkyl halides is 1. The van der Waals surface area contributed by atoms with E-state index in [1.54, 1.807) is 6.92 Å². The van der Waals surface area contributed by atoms with Gasteiger partial charge in [0.25, 0.3) is 0 Å². The van der Waals surface area contributed by atoms with Gasteiger partial charge in [0, 0.05) is 0 Å². The SMILES string of the molecule is CC1(C(=O)NC(CF)C(=O)O)CCCc2ccccc21. The Balaban J connectivity index is 2.27. The van der Waals surface area contributed by atoms with E-state index in [2.05, 4.69) is 5.32 Å². The van der Waals surface area contributed by atoms with Crippen LogP contribution in [0.4, 0.5) is 4.39 Å². The van der Waals surface area contributed by atoms with Crippen molar-refractivity contribution in [2.75, 3.05) is 6.67 Å². The van der Waals surface area contributed by atoms with Crippen molar-refractivity contribution in [1.29, 1.82) is 0 Å². The molecule has 2 N–H and O–H groups in total. The molecule has 0 aromatic heterocycles. The Morgan fingerprint density at radius 1 is 1.45 bits per heavy atom. The summed E-state index contributed by atoms with van der Waals surface area (Å²) in [5, 5.41) is 11.1. The molecule has 1 amide bonds. The molecule has 1 aromatic carbocycles. The van der Waals surface area contributed by atoms with E-state index in [0.717, 1.165) is 24.0 Å². The van der Waals surface area contributed by atoms with Crippen LogP contribution in [0.15, 0.2) is 24.3 Å². The van der Waals surface area contributed by atoms with Gasteiger partial charge in [-0.2, -0.15) is 0 Å². The molecule has 20 heavy (non-hydrogen) atoms. The van der Waals surface area contributed by atoms with Gasteiger partial charge in [0.1, 0.15) is 6.67 Å². The second kappa shape index (κ2) is 5.61. The van der Waals surface area contributed by atoms with Gasteiger partial charge in [-0.05, 0) is 37.3 Å². The standard InChI is InChI=1S/C15H18FNO3/c1-15(14(20)17-12(9-16)13(18)19)8-4-6-10-5-2-3-7-11(10)15/h2-3,5,7,12H,4,6,8-9H2,1H3,(H,17,20)(H,18,19). The maximum Gasteiger partial charge on any atom is 0.328 e. The number of aryl methyl sites for hydroxylation is 1. The van der Waals surface area contributed by atoms with E-state index in [0.29, 0.717) is 6.42 Å². The summed E-state index contributed by atoms with van der Waals surface area (Å²) in [5.74, 6) is -1.77. The molecule has 1 aliphatic carbocycles. The van der Waals surface area contributed by atoms with E-state index in [1.165, 1.54) is 0 Å². The van der Waals surface area contributed by atoms with Crippen LogP contribution in [0, 0.1) is 0 Å². The normalized spacial score (nSPS) is 22.7. The zero-order chi connectivity index (χ0) is 14.8. The molecule has 4 nitrogen and oxygen atoms in total. The lowest BCUT2D eigenvalue weighted by Crippen LogP contribution is -2.51. The fourth-order valence-corrected chi connectivity index (χ4v) is 2.76. The Morgan fingerprint density at radius 2 is 2.15 bits per heavy atom. The topological polar surface area (TPSA) is 66.4 Å². The molecule has 0 spiro atoms. The second-order valence-electron chi connectivity index (χ2n) is 5.36. The molecule has 1 aliphatic rings. The highest BCUT2D eigenvalue weighted by molar-refractivity contribution is 5.91. The maximum atomic E-state index is 12.7. The highest BCUT2D eigenvalue weighted by Gasteiger charge is 2.40. The lowest BCUT2D eigenvalue weighted by Gasteiger charge is -2.35. The molecule has 5 heteroatoms.